The molecule has 0 aliphatic heterocycles. The summed E-state index contributed by atoms with van der Waals surface area (Å²) in [6.45, 7) is 1.38. The van der Waals surface area contributed by atoms with Gasteiger partial charge in [0.15, 0.2) is 6.10 Å². The number of phenolic OH excluding ortho intramolecular Hbond substituents is 1. The van der Waals surface area contributed by atoms with Crippen molar-refractivity contribution in [2.24, 2.45) is 0 Å². The van der Waals surface area contributed by atoms with Crippen molar-refractivity contribution in [3.05, 3.63) is 58.1 Å². The number of nitro benzene ring substituents is 1. The maximum absolute atomic E-state index is 12.2. The second kappa shape index (κ2) is 8.65. The van der Waals surface area contributed by atoms with Crippen LogP contribution >= 0.6 is 0 Å². The number of benzene rings is 2. The number of nitrogens with zero attached hydrogens (tertiary/aromatic N) is 1. The molecule has 0 fully saturated rings. The molecule has 0 saturated heterocycles. The van der Waals surface area contributed by atoms with E-state index in [0.717, 1.165) is 6.07 Å². The lowest BCUT2D eigenvalue weighted by molar-refractivity contribution is -0.384. The molecule has 0 heterocycles. The SMILES string of the molecule is COc1ccc([N+](=O)[O-])cc1NC(=O)[C@@H](C)OC(=O)Cc1ccc(O)cc1. The summed E-state index contributed by atoms with van der Waals surface area (Å²) in [4.78, 5) is 34.5. The Kier molecular flexibility index (Phi) is 6.32. The van der Waals surface area contributed by atoms with E-state index >= 15 is 0 Å². The summed E-state index contributed by atoms with van der Waals surface area (Å²) in [7, 11) is 1.36. The molecular weight excluding hydrogens is 356 g/mol. The smallest absolute Gasteiger partial charge is 0.311 e. The molecule has 2 N–H and O–H groups in total. The third-order valence-electron chi connectivity index (χ3n) is 3.61. The van der Waals surface area contributed by atoms with Crippen molar-refractivity contribution in [3.8, 4) is 11.5 Å². The summed E-state index contributed by atoms with van der Waals surface area (Å²) in [6.07, 6.45) is -1.20. The van der Waals surface area contributed by atoms with E-state index in [4.69, 9.17) is 9.47 Å². The highest BCUT2D eigenvalue weighted by Gasteiger charge is 2.21. The van der Waals surface area contributed by atoms with Crippen LogP contribution in [0.5, 0.6) is 11.5 Å². The van der Waals surface area contributed by atoms with Gasteiger partial charge in [0, 0.05) is 12.1 Å². The van der Waals surface area contributed by atoms with Gasteiger partial charge in [0.1, 0.15) is 11.5 Å². The van der Waals surface area contributed by atoms with Crippen molar-refractivity contribution < 1.29 is 29.1 Å². The van der Waals surface area contributed by atoms with Gasteiger partial charge in [-0.2, -0.15) is 0 Å². The van der Waals surface area contributed by atoms with Crippen LogP contribution in [0, 0.1) is 10.1 Å². The highest BCUT2D eigenvalue weighted by atomic mass is 16.6. The average Bonchev–Trinajstić information content (AvgIpc) is 2.63. The Hall–Kier alpha value is -3.62. The monoisotopic (exact) mass is 374 g/mol. The van der Waals surface area contributed by atoms with E-state index < -0.39 is 22.9 Å². The van der Waals surface area contributed by atoms with Gasteiger partial charge in [-0.25, -0.2) is 0 Å². The normalized spacial score (nSPS) is 11.3. The number of hydrogen-bond acceptors (Lipinski definition) is 7. The molecule has 2 aromatic carbocycles. The van der Waals surface area contributed by atoms with Gasteiger partial charge in [-0.1, -0.05) is 12.1 Å². The summed E-state index contributed by atoms with van der Waals surface area (Å²) in [5.74, 6) is -0.982. The van der Waals surface area contributed by atoms with Crippen LogP contribution in [-0.2, 0) is 20.7 Å². The number of nitro groups is 1. The number of rotatable bonds is 7. The minimum absolute atomic E-state index is 0.0714. The van der Waals surface area contributed by atoms with Gasteiger partial charge < -0.3 is 19.9 Å². The quantitative estimate of drug-likeness (QED) is 0.433. The van der Waals surface area contributed by atoms with Gasteiger partial charge in [-0.15, -0.1) is 0 Å². The Morgan fingerprint density at radius 1 is 1.22 bits per heavy atom. The number of hydrogen-bond donors (Lipinski definition) is 2. The predicted octanol–water partition coefficient (Wildman–Crippen LogP) is 2.42. The predicted molar refractivity (Wildman–Crippen MR) is 95.6 cm³/mol. The van der Waals surface area contributed by atoms with Crippen molar-refractivity contribution in [3.63, 3.8) is 0 Å². The van der Waals surface area contributed by atoms with Crippen molar-refractivity contribution in [1.29, 1.82) is 0 Å². The van der Waals surface area contributed by atoms with Crippen LogP contribution in [0.15, 0.2) is 42.5 Å². The van der Waals surface area contributed by atoms with E-state index in [1.165, 1.54) is 38.3 Å². The fourth-order valence-electron chi connectivity index (χ4n) is 2.21. The zero-order chi connectivity index (χ0) is 20.0. The Morgan fingerprint density at radius 2 is 1.89 bits per heavy atom. The van der Waals surface area contributed by atoms with Crippen LogP contribution in [0.2, 0.25) is 0 Å². The van der Waals surface area contributed by atoms with E-state index in [2.05, 4.69) is 5.32 Å². The molecule has 9 heteroatoms. The number of non-ortho nitro benzene ring substituents is 1. The highest BCUT2D eigenvalue weighted by Crippen LogP contribution is 2.29. The average molecular weight is 374 g/mol. The molecule has 27 heavy (non-hydrogen) atoms. The first-order valence-corrected chi connectivity index (χ1v) is 7.91. The van der Waals surface area contributed by atoms with Gasteiger partial charge in [-0.05, 0) is 30.7 Å². The fraction of sp³-hybridized carbons (Fsp3) is 0.222. The third kappa shape index (κ3) is 5.43. The van der Waals surface area contributed by atoms with E-state index in [-0.39, 0.29) is 29.3 Å². The first-order chi connectivity index (χ1) is 12.8. The van der Waals surface area contributed by atoms with Gasteiger partial charge >= 0.3 is 5.97 Å². The lowest BCUT2D eigenvalue weighted by Crippen LogP contribution is -2.30. The maximum Gasteiger partial charge on any atom is 0.311 e. The van der Waals surface area contributed by atoms with Crippen molar-refractivity contribution in [2.45, 2.75) is 19.4 Å². The van der Waals surface area contributed by atoms with Crippen molar-refractivity contribution in [2.75, 3.05) is 12.4 Å². The Labute approximate surface area is 154 Å². The number of carbonyl (C=O) groups excluding carboxylic acids is 2. The summed E-state index contributed by atoms with van der Waals surface area (Å²) < 4.78 is 10.1. The summed E-state index contributed by atoms with van der Waals surface area (Å²) in [5, 5.41) is 22.6. The number of methoxy groups -OCH3 is 1. The zero-order valence-corrected chi connectivity index (χ0v) is 14.7. The van der Waals surface area contributed by atoms with Gasteiger partial charge in [0.25, 0.3) is 11.6 Å². The standard InChI is InChI=1S/C18H18N2O7/c1-11(27-17(22)9-12-3-6-14(21)7-4-12)18(23)19-15-10-13(20(24)25)5-8-16(15)26-2/h3-8,10-11,21H,9H2,1-2H3,(H,19,23)/t11-/m1/s1. The van der Waals surface area contributed by atoms with Crippen LogP contribution in [0.1, 0.15) is 12.5 Å². The van der Waals surface area contributed by atoms with E-state index in [0.29, 0.717) is 5.56 Å². The van der Waals surface area contributed by atoms with Crippen LogP contribution in [0.25, 0.3) is 0 Å². The Morgan fingerprint density at radius 3 is 2.48 bits per heavy atom. The Bertz CT molecular complexity index is 849. The number of aromatic hydroxyl groups is 1. The first-order valence-electron chi connectivity index (χ1n) is 7.91. The van der Waals surface area contributed by atoms with Gasteiger partial charge in [-0.3, -0.25) is 19.7 Å². The molecule has 0 aliphatic carbocycles. The molecule has 9 nitrogen and oxygen atoms in total. The topological polar surface area (TPSA) is 128 Å². The van der Waals surface area contributed by atoms with Crippen molar-refractivity contribution >= 4 is 23.3 Å². The molecule has 1 atom stereocenters. The minimum atomic E-state index is -1.13. The summed E-state index contributed by atoms with van der Waals surface area (Å²) in [5.41, 5.74) is 0.493. The van der Waals surface area contributed by atoms with E-state index in [1.54, 1.807) is 12.1 Å². The van der Waals surface area contributed by atoms with E-state index in [9.17, 15) is 24.8 Å². The molecule has 142 valence electrons. The third-order valence-corrected chi connectivity index (χ3v) is 3.61. The minimum Gasteiger partial charge on any atom is -0.508 e. The fourth-order valence-corrected chi connectivity index (χ4v) is 2.21. The number of nitrogens with one attached hydrogen (secondary N) is 1. The zero-order valence-electron chi connectivity index (χ0n) is 14.7. The molecule has 0 aliphatic rings. The second-order valence-corrected chi connectivity index (χ2v) is 5.61. The molecule has 2 rings (SSSR count). The number of anilines is 1. The molecule has 0 radical (unpaired) electrons. The molecule has 2 aromatic rings. The summed E-state index contributed by atoms with van der Waals surface area (Å²) in [6, 6.07) is 9.76. The Balaban J connectivity index is 2.00. The molecule has 0 aromatic heterocycles. The van der Waals surface area contributed by atoms with Crippen LogP contribution in [-0.4, -0.2) is 35.1 Å². The molecule has 0 unspecified atom stereocenters. The molecule has 0 spiro atoms. The van der Waals surface area contributed by atoms with Crippen LogP contribution in [0.4, 0.5) is 11.4 Å². The van der Waals surface area contributed by atoms with Crippen LogP contribution < -0.4 is 10.1 Å². The second-order valence-electron chi connectivity index (χ2n) is 5.61. The van der Waals surface area contributed by atoms with E-state index in [1.807, 2.05) is 0 Å². The largest absolute Gasteiger partial charge is 0.508 e. The van der Waals surface area contributed by atoms with Crippen molar-refractivity contribution in [1.82, 2.24) is 0 Å². The number of carbonyl (C=O) groups is 2. The van der Waals surface area contributed by atoms with Gasteiger partial charge in [0.2, 0.25) is 0 Å². The highest BCUT2D eigenvalue weighted by molar-refractivity contribution is 5.96. The number of esters is 1. The summed E-state index contributed by atoms with van der Waals surface area (Å²) >= 11 is 0. The molecule has 0 bridgehead atoms. The number of ether oxygens (including phenoxy) is 2. The lowest BCUT2D eigenvalue weighted by Gasteiger charge is -2.15. The number of amides is 1. The van der Waals surface area contributed by atoms with Gasteiger partial charge in [0.05, 0.1) is 24.1 Å². The molecular formula is C18H18N2O7. The lowest BCUT2D eigenvalue weighted by atomic mass is 10.1. The molecule has 1 amide bonds. The van der Waals surface area contributed by atoms with Crippen LogP contribution in [0.3, 0.4) is 0 Å². The first kappa shape index (κ1) is 19.7. The number of phenols is 1. The maximum atomic E-state index is 12.2. The molecule has 0 saturated carbocycles.